The van der Waals surface area contributed by atoms with Crippen molar-refractivity contribution in [3.05, 3.63) is 59.7 Å². The number of fused-ring (bicyclic) bond motifs is 2. The van der Waals surface area contributed by atoms with Gasteiger partial charge < -0.3 is 26.0 Å². The highest BCUT2D eigenvalue weighted by molar-refractivity contribution is 6.08. The lowest BCUT2D eigenvalue weighted by molar-refractivity contribution is -0.192. The number of hydrogen-bond donors (Lipinski definition) is 3. The first kappa shape index (κ1) is 25.5. The van der Waals surface area contributed by atoms with E-state index < -0.39 is 12.1 Å². The summed E-state index contributed by atoms with van der Waals surface area (Å²) in [5.41, 5.74) is 9.59. The molecule has 4 N–H and O–H groups in total. The van der Waals surface area contributed by atoms with Crippen molar-refractivity contribution in [2.24, 2.45) is 17.6 Å². The van der Waals surface area contributed by atoms with Crippen molar-refractivity contribution >= 4 is 29.3 Å². The maximum Gasteiger partial charge on any atom is 0.490 e. The highest BCUT2D eigenvalue weighted by Crippen LogP contribution is 2.37. The largest absolute Gasteiger partial charge is 0.490 e. The Morgan fingerprint density at radius 1 is 1.03 bits per heavy atom. The molecule has 0 bridgehead atoms. The number of carboxylic acids is 1. The van der Waals surface area contributed by atoms with Gasteiger partial charge in [0, 0.05) is 42.6 Å². The fraction of sp³-hybridized carbons (Fsp3) is 0.400. The van der Waals surface area contributed by atoms with Crippen molar-refractivity contribution in [2.45, 2.75) is 31.5 Å². The van der Waals surface area contributed by atoms with Crippen molar-refractivity contribution in [1.29, 1.82) is 0 Å². The number of para-hydroxylation sites is 1. The minimum atomic E-state index is -5.08. The predicted octanol–water partition coefficient (Wildman–Crippen LogP) is 3.72. The summed E-state index contributed by atoms with van der Waals surface area (Å²) in [7, 11) is 0. The topological polar surface area (TPSA) is 116 Å². The number of alkyl halides is 3. The van der Waals surface area contributed by atoms with Gasteiger partial charge in [-0.1, -0.05) is 24.3 Å². The molecule has 2 aliphatic heterocycles. The molecule has 0 spiro atoms. The van der Waals surface area contributed by atoms with Crippen molar-refractivity contribution in [1.82, 2.24) is 4.90 Å². The summed E-state index contributed by atoms with van der Waals surface area (Å²) < 4.78 is 31.7. The van der Waals surface area contributed by atoms with Gasteiger partial charge in [0.15, 0.2) is 0 Å². The van der Waals surface area contributed by atoms with E-state index in [0.29, 0.717) is 29.6 Å². The van der Waals surface area contributed by atoms with E-state index in [9.17, 15) is 22.8 Å². The Bertz CT molecular complexity index is 1160. The van der Waals surface area contributed by atoms with Crippen LogP contribution in [0.2, 0.25) is 0 Å². The van der Waals surface area contributed by atoms with Gasteiger partial charge in [-0.05, 0) is 60.9 Å². The van der Waals surface area contributed by atoms with E-state index in [4.69, 9.17) is 15.6 Å². The molecule has 3 unspecified atom stereocenters. The van der Waals surface area contributed by atoms with Crippen molar-refractivity contribution in [3.63, 3.8) is 0 Å². The lowest BCUT2D eigenvalue weighted by Crippen LogP contribution is -2.36. The third-order valence-electron chi connectivity index (χ3n) is 6.94. The zero-order valence-electron chi connectivity index (χ0n) is 19.4. The molecule has 1 aliphatic carbocycles. The molecular weight excluding hydrogens is 477 g/mol. The Morgan fingerprint density at radius 2 is 1.75 bits per heavy atom. The number of nitrogens with zero attached hydrogens (tertiary/aromatic N) is 2. The standard InChI is InChI=1S/C23H26N4O2.C2HF3O2/c24-20-9-8-17-13-26(14-19(17)20)23(29)25-18-6-3-5-16(12-18)22(28)27-11-10-15-4-1-2-7-21(15)27;3-2(4,5)1(6)7/h1-7,12,17,19-20H,8-11,13-14,24H2,(H,25,29);(H,6,7). The van der Waals surface area contributed by atoms with E-state index in [2.05, 4.69) is 11.4 Å². The third-order valence-corrected chi connectivity index (χ3v) is 6.94. The van der Waals surface area contributed by atoms with Gasteiger partial charge in [0.05, 0.1) is 0 Å². The summed E-state index contributed by atoms with van der Waals surface area (Å²) in [5.74, 6) is -1.84. The molecule has 0 radical (unpaired) electrons. The highest BCUT2D eigenvalue weighted by Gasteiger charge is 2.42. The molecular formula is C25H27F3N4O4. The molecule has 2 fully saturated rings. The Labute approximate surface area is 205 Å². The van der Waals surface area contributed by atoms with Gasteiger partial charge in [-0.2, -0.15) is 13.2 Å². The molecule has 3 amide bonds. The van der Waals surface area contributed by atoms with E-state index in [0.717, 1.165) is 38.0 Å². The summed E-state index contributed by atoms with van der Waals surface area (Å²) in [6.07, 6.45) is -2.04. The number of likely N-dealkylation sites (tertiary alicyclic amines) is 1. The number of nitrogens with two attached hydrogens (primary N) is 1. The molecule has 8 nitrogen and oxygen atoms in total. The zero-order chi connectivity index (χ0) is 26.0. The number of carbonyl (C=O) groups excluding carboxylic acids is 2. The van der Waals surface area contributed by atoms with Gasteiger partial charge in [-0.15, -0.1) is 0 Å². The Kier molecular flexibility index (Phi) is 7.21. The van der Waals surface area contributed by atoms with Crippen LogP contribution >= 0.6 is 0 Å². The Morgan fingerprint density at radius 3 is 2.44 bits per heavy atom. The molecule has 1 saturated carbocycles. The summed E-state index contributed by atoms with van der Waals surface area (Å²) in [6.45, 7) is 2.18. The molecule has 192 valence electrons. The maximum atomic E-state index is 13.1. The molecule has 11 heteroatoms. The number of halogens is 3. The maximum absolute atomic E-state index is 13.1. The van der Waals surface area contributed by atoms with Crippen LogP contribution in [0.4, 0.5) is 29.3 Å². The highest BCUT2D eigenvalue weighted by atomic mass is 19.4. The second-order valence-electron chi connectivity index (χ2n) is 9.22. The van der Waals surface area contributed by atoms with Gasteiger partial charge in [-0.3, -0.25) is 4.79 Å². The molecule has 0 aromatic heterocycles. The molecule has 2 heterocycles. The summed E-state index contributed by atoms with van der Waals surface area (Å²) in [5, 5.41) is 10.1. The minimum Gasteiger partial charge on any atom is -0.475 e. The fourth-order valence-electron chi connectivity index (χ4n) is 5.11. The number of rotatable bonds is 2. The van der Waals surface area contributed by atoms with Gasteiger partial charge >= 0.3 is 18.2 Å². The number of hydrogen-bond acceptors (Lipinski definition) is 4. The van der Waals surface area contributed by atoms with Crippen LogP contribution in [0.5, 0.6) is 0 Å². The quantitative estimate of drug-likeness (QED) is 0.577. The van der Waals surface area contributed by atoms with E-state index in [1.54, 1.807) is 12.1 Å². The third kappa shape index (κ3) is 5.46. The second-order valence-corrected chi connectivity index (χ2v) is 9.22. The lowest BCUT2D eigenvalue weighted by atomic mass is 9.98. The van der Waals surface area contributed by atoms with Crippen molar-refractivity contribution in [2.75, 3.05) is 29.9 Å². The van der Waals surface area contributed by atoms with Crippen LogP contribution in [0.25, 0.3) is 0 Å². The van der Waals surface area contributed by atoms with Gasteiger partial charge in [0.25, 0.3) is 5.91 Å². The zero-order valence-corrected chi connectivity index (χ0v) is 19.4. The van der Waals surface area contributed by atoms with Crippen LogP contribution in [0.15, 0.2) is 48.5 Å². The number of aliphatic carboxylic acids is 1. The monoisotopic (exact) mass is 504 g/mol. The smallest absolute Gasteiger partial charge is 0.475 e. The number of anilines is 2. The summed E-state index contributed by atoms with van der Waals surface area (Å²) in [6, 6.07) is 15.3. The van der Waals surface area contributed by atoms with E-state index >= 15 is 0 Å². The number of benzene rings is 2. The van der Waals surface area contributed by atoms with Crippen LogP contribution in [0.3, 0.4) is 0 Å². The molecule has 5 rings (SSSR count). The number of carbonyl (C=O) groups is 3. The minimum absolute atomic E-state index is 0.0345. The van der Waals surface area contributed by atoms with Crippen LogP contribution in [0, 0.1) is 11.8 Å². The van der Waals surface area contributed by atoms with Gasteiger partial charge in [0.1, 0.15) is 0 Å². The average Bonchev–Trinajstić information content (AvgIpc) is 3.54. The predicted molar refractivity (Wildman–Crippen MR) is 127 cm³/mol. The fourth-order valence-corrected chi connectivity index (χ4v) is 5.11. The first-order chi connectivity index (χ1) is 17.0. The normalized spacial score (nSPS) is 22.4. The van der Waals surface area contributed by atoms with Crippen molar-refractivity contribution < 1.29 is 32.7 Å². The SMILES string of the molecule is NC1CCC2CN(C(=O)Nc3cccc(C(=O)N4CCc5ccccc54)c3)CC12.O=C(O)C(F)(F)F. The van der Waals surface area contributed by atoms with Crippen LogP contribution in [-0.4, -0.2) is 59.8 Å². The van der Waals surface area contributed by atoms with Crippen LogP contribution in [-0.2, 0) is 11.2 Å². The average molecular weight is 505 g/mol. The van der Waals surface area contributed by atoms with Crippen LogP contribution in [0.1, 0.15) is 28.8 Å². The summed E-state index contributed by atoms with van der Waals surface area (Å²) >= 11 is 0. The van der Waals surface area contributed by atoms with Crippen LogP contribution < -0.4 is 16.0 Å². The molecule has 1 saturated heterocycles. The van der Waals surface area contributed by atoms with E-state index in [-0.39, 0.29) is 18.0 Å². The second kappa shape index (κ2) is 10.2. The van der Waals surface area contributed by atoms with E-state index in [1.165, 1.54) is 5.56 Å². The first-order valence-corrected chi connectivity index (χ1v) is 11.7. The number of carboxylic acid groups (broad SMARTS) is 1. The lowest BCUT2D eigenvalue weighted by Gasteiger charge is -2.20. The molecule has 2 aromatic carbocycles. The van der Waals surface area contributed by atoms with Crippen molar-refractivity contribution in [3.8, 4) is 0 Å². The number of nitrogens with one attached hydrogen (secondary N) is 1. The molecule has 36 heavy (non-hydrogen) atoms. The molecule has 3 aliphatic rings. The Balaban J connectivity index is 0.000000384. The number of urea groups is 1. The molecule has 2 aromatic rings. The first-order valence-electron chi connectivity index (χ1n) is 11.7. The number of amides is 3. The van der Waals surface area contributed by atoms with Gasteiger partial charge in [0.2, 0.25) is 0 Å². The van der Waals surface area contributed by atoms with E-state index in [1.807, 2.05) is 40.1 Å². The summed E-state index contributed by atoms with van der Waals surface area (Å²) in [4.78, 5) is 38.4. The molecule has 3 atom stereocenters. The van der Waals surface area contributed by atoms with Gasteiger partial charge in [-0.25, -0.2) is 9.59 Å². The Hall–Kier alpha value is -3.60.